The van der Waals surface area contributed by atoms with E-state index >= 15 is 0 Å². The van der Waals surface area contributed by atoms with Gasteiger partial charge in [0.05, 0.1) is 13.7 Å². The van der Waals surface area contributed by atoms with Gasteiger partial charge < -0.3 is 9.47 Å². The highest BCUT2D eigenvalue weighted by Gasteiger charge is 2.39. The molecule has 0 aromatic heterocycles. The third kappa shape index (κ3) is 1.92. The highest BCUT2D eigenvalue weighted by molar-refractivity contribution is 5.52. The molecule has 100 valence electrons. The quantitative estimate of drug-likeness (QED) is 0.619. The maximum atomic E-state index is 10.8. The molecule has 1 saturated carbocycles. The van der Waals surface area contributed by atoms with Crippen LogP contribution < -0.4 is 9.47 Å². The Morgan fingerprint density at radius 2 is 2.16 bits per heavy atom. The van der Waals surface area contributed by atoms with Crippen LogP contribution in [0.1, 0.15) is 36.8 Å². The molecule has 1 aromatic carbocycles. The highest BCUT2D eigenvalue weighted by Crippen LogP contribution is 2.48. The van der Waals surface area contributed by atoms with Crippen molar-refractivity contribution in [3.63, 3.8) is 0 Å². The summed E-state index contributed by atoms with van der Waals surface area (Å²) in [4.78, 5) is 14.9. The first-order valence-electron chi connectivity index (χ1n) is 6.72. The zero-order valence-corrected chi connectivity index (χ0v) is 11.1. The zero-order chi connectivity index (χ0) is 13.3. The summed E-state index contributed by atoms with van der Waals surface area (Å²) >= 11 is 0. The van der Waals surface area contributed by atoms with Gasteiger partial charge in [0.25, 0.3) is 0 Å². The molecular formula is C15H17NO3. The van der Waals surface area contributed by atoms with Crippen LogP contribution >= 0.6 is 0 Å². The molecule has 0 spiro atoms. The maximum Gasteiger partial charge on any atom is 0.235 e. The molecule has 3 rings (SSSR count). The van der Waals surface area contributed by atoms with Crippen molar-refractivity contribution in [2.45, 2.75) is 37.6 Å². The Labute approximate surface area is 112 Å². The van der Waals surface area contributed by atoms with Gasteiger partial charge in [-0.15, -0.1) is 0 Å². The smallest absolute Gasteiger partial charge is 0.235 e. The maximum absolute atomic E-state index is 10.8. The van der Waals surface area contributed by atoms with Gasteiger partial charge in [0.15, 0.2) is 0 Å². The average molecular weight is 259 g/mol. The summed E-state index contributed by atoms with van der Waals surface area (Å²) in [7, 11) is 1.66. The van der Waals surface area contributed by atoms with Crippen molar-refractivity contribution in [3.05, 3.63) is 23.3 Å². The van der Waals surface area contributed by atoms with Gasteiger partial charge in [0, 0.05) is 17.5 Å². The van der Waals surface area contributed by atoms with Crippen LogP contribution in [-0.2, 0) is 16.8 Å². The summed E-state index contributed by atoms with van der Waals surface area (Å²) in [5, 5.41) is 0. The second kappa shape index (κ2) is 4.71. The topological polar surface area (TPSA) is 47.9 Å². The van der Waals surface area contributed by atoms with E-state index in [9.17, 15) is 4.79 Å². The van der Waals surface area contributed by atoms with Crippen molar-refractivity contribution >= 4 is 6.08 Å². The van der Waals surface area contributed by atoms with Crippen molar-refractivity contribution in [1.29, 1.82) is 0 Å². The minimum atomic E-state index is -0.464. The molecule has 1 aromatic rings. The summed E-state index contributed by atoms with van der Waals surface area (Å²) in [6, 6.07) is 4.03. The molecular weight excluding hydrogens is 242 g/mol. The molecule has 0 saturated heterocycles. The Bertz CT molecular complexity index is 541. The Hall–Kier alpha value is -1.80. The number of nitrogens with zero attached hydrogens (tertiary/aromatic N) is 1. The molecule has 1 aliphatic heterocycles. The Morgan fingerprint density at radius 1 is 1.37 bits per heavy atom. The molecule has 0 amide bonds. The van der Waals surface area contributed by atoms with Crippen LogP contribution in [0.5, 0.6) is 11.5 Å². The van der Waals surface area contributed by atoms with Gasteiger partial charge in [0.1, 0.15) is 17.0 Å². The average Bonchev–Trinajstić information content (AvgIpc) is 3.06. The van der Waals surface area contributed by atoms with Gasteiger partial charge in [-0.3, -0.25) is 0 Å². The highest BCUT2D eigenvalue weighted by atomic mass is 16.5. The molecule has 1 fully saturated rings. The number of rotatable bonds is 3. The van der Waals surface area contributed by atoms with Gasteiger partial charge in [-0.1, -0.05) is 12.8 Å². The lowest BCUT2D eigenvalue weighted by Crippen LogP contribution is -2.20. The monoisotopic (exact) mass is 259 g/mol. The summed E-state index contributed by atoms with van der Waals surface area (Å²) in [6.45, 7) is 0.714. The van der Waals surface area contributed by atoms with Gasteiger partial charge in [-0.2, -0.15) is 4.99 Å². The molecule has 4 nitrogen and oxygen atoms in total. The van der Waals surface area contributed by atoms with Crippen molar-refractivity contribution in [2.75, 3.05) is 13.7 Å². The third-order valence-electron chi connectivity index (χ3n) is 4.20. The van der Waals surface area contributed by atoms with Crippen LogP contribution in [0, 0.1) is 0 Å². The largest absolute Gasteiger partial charge is 0.496 e. The van der Waals surface area contributed by atoms with E-state index in [1.165, 1.54) is 5.56 Å². The van der Waals surface area contributed by atoms with Gasteiger partial charge in [-0.25, -0.2) is 4.79 Å². The van der Waals surface area contributed by atoms with Crippen LogP contribution in [-0.4, -0.2) is 19.8 Å². The predicted octanol–water partition coefficient (Wildman–Crippen LogP) is 2.74. The Morgan fingerprint density at radius 3 is 2.84 bits per heavy atom. The Balaban J connectivity index is 2.15. The number of isocyanates is 1. The minimum Gasteiger partial charge on any atom is -0.496 e. The third-order valence-corrected chi connectivity index (χ3v) is 4.20. The molecule has 0 N–H and O–H groups in total. The number of methoxy groups -OCH3 is 1. The van der Waals surface area contributed by atoms with E-state index in [1.807, 2.05) is 12.1 Å². The number of hydrogen-bond donors (Lipinski definition) is 0. The molecule has 19 heavy (non-hydrogen) atoms. The van der Waals surface area contributed by atoms with Crippen LogP contribution in [0.3, 0.4) is 0 Å². The van der Waals surface area contributed by atoms with E-state index in [2.05, 4.69) is 4.99 Å². The van der Waals surface area contributed by atoms with E-state index in [0.29, 0.717) is 6.61 Å². The molecule has 1 aliphatic carbocycles. The van der Waals surface area contributed by atoms with Crippen LogP contribution in [0.15, 0.2) is 17.1 Å². The number of aliphatic imine (C=N–C) groups is 1. The fourth-order valence-electron chi connectivity index (χ4n) is 3.22. The van der Waals surface area contributed by atoms with Crippen LogP contribution in [0.4, 0.5) is 0 Å². The van der Waals surface area contributed by atoms with E-state index in [4.69, 9.17) is 9.47 Å². The number of hydrogen-bond acceptors (Lipinski definition) is 4. The number of carbonyl (C=O) groups excluding carboxylic acids is 1. The number of benzene rings is 1. The second-order valence-electron chi connectivity index (χ2n) is 5.20. The Kier molecular flexibility index (Phi) is 3.03. The minimum absolute atomic E-state index is 0.464. The first-order chi connectivity index (χ1) is 9.29. The standard InChI is InChI=1S/C15H17NO3/c1-18-14-8-11-4-7-19-13(11)9-12(14)15(16-10-17)5-2-3-6-15/h8-9H,2-7H2,1H3. The SMILES string of the molecule is COc1cc2c(cc1C1(N=C=O)CCCC1)OCC2. The van der Waals surface area contributed by atoms with Crippen LogP contribution in [0.25, 0.3) is 0 Å². The normalized spacial score (nSPS) is 19.4. The lowest BCUT2D eigenvalue weighted by atomic mass is 9.87. The molecule has 0 atom stereocenters. The summed E-state index contributed by atoms with van der Waals surface area (Å²) in [6.07, 6.45) is 6.56. The van der Waals surface area contributed by atoms with Crippen molar-refractivity contribution in [3.8, 4) is 11.5 Å². The lowest BCUT2D eigenvalue weighted by molar-refractivity contribution is 0.351. The second-order valence-corrected chi connectivity index (χ2v) is 5.20. The van der Waals surface area contributed by atoms with Crippen LogP contribution in [0.2, 0.25) is 0 Å². The molecule has 0 unspecified atom stereocenters. The van der Waals surface area contributed by atoms with E-state index in [-0.39, 0.29) is 0 Å². The molecule has 2 aliphatic rings. The van der Waals surface area contributed by atoms with Gasteiger partial charge >= 0.3 is 0 Å². The molecule has 0 radical (unpaired) electrons. The van der Waals surface area contributed by atoms with Gasteiger partial charge in [-0.05, 0) is 25.0 Å². The number of ether oxygens (including phenoxy) is 2. The van der Waals surface area contributed by atoms with Crippen molar-refractivity contribution in [2.24, 2.45) is 4.99 Å². The first kappa shape index (κ1) is 12.2. The van der Waals surface area contributed by atoms with E-state index in [0.717, 1.165) is 49.2 Å². The lowest BCUT2D eigenvalue weighted by Gasteiger charge is -2.25. The number of fused-ring (bicyclic) bond motifs is 1. The van der Waals surface area contributed by atoms with Gasteiger partial charge in [0.2, 0.25) is 6.08 Å². The van der Waals surface area contributed by atoms with E-state index in [1.54, 1.807) is 13.2 Å². The predicted molar refractivity (Wildman–Crippen MR) is 70.5 cm³/mol. The van der Waals surface area contributed by atoms with Crippen molar-refractivity contribution < 1.29 is 14.3 Å². The fourth-order valence-corrected chi connectivity index (χ4v) is 3.22. The molecule has 0 bridgehead atoms. The fraction of sp³-hybridized carbons (Fsp3) is 0.533. The zero-order valence-electron chi connectivity index (χ0n) is 11.1. The molecule has 4 heteroatoms. The molecule has 1 heterocycles. The summed E-state index contributed by atoms with van der Waals surface area (Å²) in [5.41, 5.74) is 1.67. The van der Waals surface area contributed by atoms with E-state index < -0.39 is 5.54 Å². The van der Waals surface area contributed by atoms with Crippen molar-refractivity contribution in [1.82, 2.24) is 0 Å². The summed E-state index contributed by atoms with van der Waals surface area (Å²) in [5.74, 6) is 1.72. The first-order valence-corrected chi connectivity index (χ1v) is 6.72. The summed E-state index contributed by atoms with van der Waals surface area (Å²) < 4.78 is 11.1.